The summed E-state index contributed by atoms with van der Waals surface area (Å²) in [6, 6.07) is 10.2. The number of halogens is 1. The maximum Gasteiger partial charge on any atom is 0.261 e. The van der Waals surface area contributed by atoms with Crippen molar-refractivity contribution in [2.24, 2.45) is 0 Å². The van der Waals surface area contributed by atoms with Crippen molar-refractivity contribution >= 4 is 19.7 Å². The van der Waals surface area contributed by atoms with Crippen LogP contribution in [-0.2, 0) is 9.05 Å². The molecule has 21 heavy (non-hydrogen) atoms. The predicted octanol–water partition coefficient (Wildman–Crippen LogP) is 3.61. The molecule has 0 spiro atoms. The molecule has 2 aromatic rings. The van der Waals surface area contributed by atoms with Crippen LogP contribution in [0.3, 0.4) is 0 Å². The number of hydrogen-bond donors (Lipinski definition) is 0. The highest BCUT2D eigenvalue weighted by Crippen LogP contribution is 2.40. The van der Waals surface area contributed by atoms with Gasteiger partial charge >= 0.3 is 0 Å². The molecule has 0 aliphatic heterocycles. The van der Waals surface area contributed by atoms with Crippen molar-refractivity contribution in [3.05, 3.63) is 42.0 Å². The van der Waals surface area contributed by atoms with Gasteiger partial charge in [-0.1, -0.05) is 12.1 Å². The minimum absolute atomic E-state index is 0.0688. The van der Waals surface area contributed by atoms with Crippen LogP contribution in [0.25, 0.3) is 11.1 Å². The van der Waals surface area contributed by atoms with Crippen LogP contribution < -0.4 is 9.47 Å². The van der Waals surface area contributed by atoms with Gasteiger partial charge in [-0.3, -0.25) is 0 Å². The predicted molar refractivity (Wildman–Crippen MR) is 82.8 cm³/mol. The molecule has 0 saturated heterocycles. The number of ether oxygens (including phenoxy) is 2. The summed E-state index contributed by atoms with van der Waals surface area (Å²) in [5, 5.41) is 0. The lowest BCUT2D eigenvalue weighted by atomic mass is 9.99. The highest BCUT2D eigenvalue weighted by Gasteiger charge is 2.17. The molecule has 0 aromatic heterocycles. The summed E-state index contributed by atoms with van der Waals surface area (Å²) in [6.45, 7) is 1.81. The fraction of sp³-hybridized carbons (Fsp3) is 0.200. The Kier molecular flexibility index (Phi) is 4.44. The molecule has 2 rings (SSSR count). The van der Waals surface area contributed by atoms with Crippen molar-refractivity contribution in [1.29, 1.82) is 0 Å². The van der Waals surface area contributed by atoms with E-state index >= 15 is 0 Å². The molecule has 2 aromatic carbocycles. The van der Waals surface area contributed by atoms with Gasteiger partial charge in [0.2, 0.25) is 0 Å². The summed E-state index contributed by atoms with van der Waals surface area (Å²) in [4.78, 5) is 0.0688. The third-order valence-electron chi connectivity index (χ3n) is 3.18. The zero-order valence-corrected chi connectivity index (χ0v) is 13.5. The van der Waals surface area contributed by atoms with Gasteiger partial charge in [-0.15, -0.1) is 0 Å². The van der Waals surface area contributed by atoms with Gasteiger partial charge in [0.1, 0.15) is 11.5 Å². The average Bonchev–Trinajstić information content (AvgIpc) is 2.45. The van der Waals surface area contributed by atoms with Crippen molar-refractivity contribution in [2.75, 3.05) is 14.2 Å². The van der Waals surface area contributed by atoms with Crippen LogP contribution in [0, 0.1) is 6.92 Å². The van der Waals surface area contributed by atoms with Gasteiger partial charge in [-0.05, 0) is 42.3 Å². The SMILES string of the molecule is COc1cccc(OC)c1-c1ccc(S(=O)(=O)Cl)cc1C. The summed E-state index contributed by atoms with van der Waals surface area (Å²) >= 11 is 0. The monoisotopic (exact) mass is 326 g/mol. The minimum atomic E-state index is -3.75. The Morgan fingerprint density at radius 2 is 1.57 bits per heavy atom. The van der Waals surface area contributed by atoms with E-state index in [0.29, 0.717) is 11.5 Å². The topological polar surface area (TPSA) is 52.6 Å². The van der Waals surface area contributed by atoms with Crippen LogP contribution in [0.5, 0.6) is 11.5 Å². The molecule has 0 N–H and O–H groups in total. The fourth-order valence-electron chi connectivity index (χ4n) is 2.18. The molecule has 0 fully saturated rings. The van der Waals surface area contributed by atoms with E-state index < -0.39 is 9.05 Å². The van der Waals surface area contributed by atoms with Gasteiger partial charge in [-0.25, -0.2) is 8.42 Å². The second kappa shape index (κ2) is 5.95. The smallest absolute Gasteiger partial charge is 0.261 e. The molecular formula is C15H15ClO4S. The van der Waals surface area contributed by atoms with Crippen molar-refractivity contribution in [3.8, 4) is 22.6 Å². The highest BCUT2D eigenvalue weighted by atomic mass is 35.7. The van der Waals surface area contributed by atoms with E-state index in [-0.39, 0.29) is 4.90 Å². The largest absolute Gasteiger partial charge is 0.496 e. The van der Waals surface area contributed by atoms with E-state index in [9.17, 15) is 8.42 Å². The van der Waals surface area contributed by atoms with Crippen molar-refractivity contribution < 1.29 is 17.9 Å². The molecule has 0 atom stereocenters. The molecule has 0 bridgehead atoms. The Bertz CT molecular complexity index is 747. The van der Waals surface area contributed by atoms with Crippen LogP contribution in [0.1, 0.15) is 5.56 Å². The van der Waals surface area contributed by atoms with Gasteiger partial charge < -0.3 is 9.47 Å². The first-order valence-corrected chi connectivity index (χ1v) is 8.46. The average molecular weight is 327 g/mol. The Labute approximate surface area is 128 Å². The van der Waals surface area contributed by atoms with Gasteiger partial charge in [0.05, 0.1) is 24.7 Å². The number of aryl methyl sites for hydroxylation is 1. The van der Waals surface area contributed by atoms with Gasteiger partial charge in [0.15, 0.2) is 0 Å². The van der Waals surface area contributed by atoms with E-state index in [1.165, 1.54) is 12.1 Å². The first-order valence-electron chi connectivity index (χ1n) is 6.15. The molecule has 4 nitrogen and oxygen atoms in total. The third-order valence-corrected chi connectivity index (χ3v) is 4.53. The Balaban J connectivity index is 2.68. The molecule has 0 unspecified atom stereocenters. The summed E-state index contributed by atoms with van der Waals surface area (Å²) in [7, 11) is 4.77. The van der Waals surface area contributed by atoms with Crippen molar-refractivity contribution in [1.82, 2.24) is 0 Å². The number of methoxy groups -OCH3 is 2. The number of benzene rings is 2. The van der Waals surface area contributed by atoms with Crippen molar-refractivity contribution in [3.63, 3.8) is 0 Å². The first-order chi connectivity index (χ1) is 9.88. The summed E-state index contributed by atoms with van der Waals surface area (Å²) in [6.07, 6.45) is 0. The zero-order chi connectivity index (χ0) is 15.6. The number of rotatable bonds is 4. The lowest BCUT2D eigenvalue weighted by Gasteiger charge is -2.15. The molecule has 0 aliphatic rings. The Morgan fingerprint density at radius 3 is 2.00 bits per heavy atom. The van der Waals surface area contributed by atoms with Crippen LogP contribution in [0.15, 0.2) is 41.3 Å². The summed E-state index contributed by atoms with van der Waals surface area (Å²) in [5.74, 6) is 1.30. The molecule has 0 saturated carbocycles. The number of hydrogen-bond acceptors (Lipinski definition) is 4. The summed E-state index contributed by atoms with van der Waals surface area (Å²) < 4.78 is 33.5. The van der Waals surface area contributed by atoms with E-state index in [1.807, 2.05) is 25.1 Å². The lowest BCUT2D eigenvalue weighted by Crippen LogP contribution is -1.96. The third kappa shape index (κ3) is 3.14. The quantitative estimate of drug-likeness (QED) is 0.805. The maximum absolute atomic E-state index is 11.4. The molecule has 0 aliphatic carbocycles. The highest BCUT2D eigenvalue weighted by molar-refractivity contribution is 8.13. The van der Waals surface area contributed by atoms with E-state index in [4.69, 9.17) is 20.2 Å². The van der Waals surface area contributed by atoms with E-state index in [2.05, 4.69) is 0 Å². The molecule has 0 heterocycles. The normalized spacial score (nSPS) is 11.2. The second-order valence-corrected chi connectivity index (χ2v) is 7.02. The first kappa shape index (κ1) is 15.7. The minimum Gasteiger partial charge on any atom is -0.496 e. The molecule has 6 heteroatoms. The van der Waals surface area contributed by atoms with Crippen molar-refractivity contribution in [2.45, 2.75) is 11.8 Å². The molecule has 112 valence electrons. The van der Waals surface area contributed by atoms with E-state index in [1.54, 1.807) is 20.3 Å². The van der Waals surface area contributed by atoms with Crippen LogP contribution >= 0.6 is 10.7 Å². The molecule has 0 radical (unpaired) electrons. The second-order valence-electron chi connectivity index (χ2n) is 4.45. The fourth-order valence-corrected chi connectivity index (χ4v) is 3.02. The van der Waals surface area contributed by atoms with Gasteiger partial charge in [0, 0.05) is 10.7 Å². The summed E-state index contributed by atoms with van der Waals surface area (Å²) in [5.41, 5.74) is 2.37. The standard InChI is InChI=1S/C15H15ClO4S/c1-10-9-11(21(16,17)18)7-8-12(10)15-13(19-2)5-4-6-14(15)20-3/h4-9H,1-3H3. The van der Waals surface area contributed by atoms with Crippen LogP contribution in [-0.4, -0.2) is 22.6 Å². The van der Waals surface area contributed by atoms with E-state index in [0.717, 1.165) is 16.7 Å². The van der Waals surface area contributed by atoms with Gasteiger partial charge in [0.25, 0.3) is 9.05 Å². The zero-order valence-electron chi connectivity index (χ0n) is 11.9. The Morgan fingerprint density at radius 1 is 1.00 bits per heavy atom. The van der Waals surface area contributed by atoms with Gasteiger partial charge in [-0.2, -0.15) is 0 Å². The van der Waals surface area contributed by atoms with Crippen LogP contribution in [0.2, 0.25) is 0 Å². The molecular weight excluding hydrogens is 312 g/mol. The lowest BCUT2D eigenvalue weighted by molar-refractivity contribution is 0.397. The van der Waals surface area contributed by atoms with Crippen LogP contribution in [0.4, 0.5) is 0 Å². The molecule has 0 amide bonds. The maximum atomic E-state index is 11.4. The Hall–Kier alpha value is -1.72.